The summed E-state index contributed by atoms with van der Waals surface area (Å²) in [6, 6.07) is 5.34. The van der Waals surface area contributed by atoms with Gasteiger partial charge in [0.2, 0.25) is 5.91 Å². The minimum absolute atomic E-state index is 0.0869. The van der Waals surface area contributed by atoms with Crippen molar-refractivity contribution in [1.82, 2.24) is 9.80 Å². The highest BCUT2D eigenvalue weighted by molar-refractivity contribution is 5.96. The SMILES string of the molecule is Cc1c(NC(=O)CN(C)C)cccc1NC(=O)N(C)CCC1CCCCO1. The molecule has 27 heavy (non-hydrogen) atoms. The van der Waals surface area contributed by atoms with Crippen LogP contribution in [-0.4, -0.2) is 68.7 Å². The third kappa shape index (κ3) is 6.84. The summed E-state index contributed by atoms with van der Waals surface area (Å²) in [6.07, 6.45) is 4.51. The first-order valence-electron chi connectivity index (χ1n) is 9.54. The highest BCUT2D eigenvalue weighted by Crippen LogP contribution is 2.24. The van der Waals surface area contributed by atoms with Crippen LogP contribution in [0.25, 0.3) is 0 Å². The number of hydrogen-bond acceptors (Lipinski definition) is 4. The number of nitrogens with one attached hydrogen (secondary N) is 2. The molecule has 1 unspecified atom stereocenters. The summed E-state index contributed by atoms with van der Waals surface area (Å²) in [5.74, 6) is -0.0869. The number of hydrogen-bond donors (Lipinski definition) is 2. The van der Waals surface area contributed by atoms with Gasteiger partial charge < -0.3 is 25.2 Å². The van der Waals surface area contributed by atoms with Crippen LogP contribution < -0.4 is 10.6 Å². The fourth-order valence-electron chi connectivity index (χ4n) is 3.07. The Morgan fingerprint density at radius 3 is 2.48 bits per heavy atom. The van der Waals surface area contributed by atoms with Gasteiger partial charge in [-0.05, 0) is 64.4 Å². The van der Waals surface area contributed by atoms with Crippen LogP contribution in [0.2, 0.25) is 0 Å². The van der Waals surface area contributed by atoms with Crippen molar-refractivity contribution >= 4 is 23.3 Å². The Morgan fingerprint density at radius 2 is 1.85 bits per heavy atom. The van der Waals surface area contributed by atoms with Gasteiger partial charge >= 0.3 is 6.03 Å². The molecule has 3 amide bonds. The third-order valence-electron chi connectivity index (χ3n) is 4.72. The number of carbonyl (C=O) groups excluding carboxylic acids is 2. The Balaban J connectivity index is 1.90. The van der Waals surface area contributed by atoms with Crippen molar-refractivity contribution in [3.05, 3.63) is 23.8 Å². The molecule has 1 heterocycles. The van der Waals surface area contributed by atoms with Crippen molar-refractivity contribution in [2.75, 3.05) is 51.5 Å². The van der Waals surface area contributed by atoms with Gasteiger partial charge in [-0.2, -0.15) is 0 Å². The topological polar surface area (TPSA) is 73.9 Å². The highest BCUT2D eigenvalue weighted by atomic mass is 16.5. The summed E-state index contributed by atoms with van der Waals surface area (Å²) in [4.78, 5) is 28.0. The number of benzene rings is 1. The Bertz CT molecular complexity index is 642. The van der Waals surface area contributed by atoms with E-state index < -0.39 is 0 Å². The quantitative estimate of drug-likeness (QED) is 0.767. The zero-order valence-corrected chi connectivity index (χ0v) is 16.9. The summed E-state index contributed by atoms with van der Waals surface area (Å²) in [5.41, 5.74) is 2.24. The molecule has 1 aromatic rings. The molecule has 1 fully saturated rings. The number of ether oxygens (including phenoxy) is 1. The molecule has 1 aromatic carbocycles. The van der Waals surface area contributed by atoms with Crippen LogP contribution in [0.4, 0.5) is 16.2 Å². The van der Waals surface area contributed by atoms with Crippen LogP contribution in [0.5, 0.6) is 0 Å². The predicted octanol–water partition coefficient (Wildman–Crippen LogP) is 2.92. The van der Waals surface area contributed by atoms with Crippen molar-refractivity contribution in [3.8, 4) is 0 Å². The van der Waals surface area contributed by atoms with Crippen molar-refractivity contribution in [2.45, 2.75) is 38.7 Å². The predicted molar refractivity (Wildman–Crippen MR) is 108 cm³/mol. The number of carbonyl (C=O) groups is 2. The van der Waals surface area contributed by atoms with Crippen LogP contribution in [0, 0.1) is 6.92 Å². The lowest BCUT2D eigenvalue weighted by Gasteiger charge is -2.25. The van der Waals surface area contributed by atoms with Gasteiger partial charge in [-0.25, -0.2) is 4.79 Å². The van der Waals surface area contributed by atoms with Crippen LogP contribution in [0.15, 0.2) is 18.2 Å². The molecule has 0 bridgehead atoms. The van der Waals surface area contributed by atoms with Crippen molar-refractivity contribution in [1.29, 1.82) is 0 Å². The van der Waals surface area contributed by atoms with E-state index in [4.69, 9.17) is 4.74 Å². The van der Waals surface area contributed by atoms with Gasteiger partial charge in [0.1, 0.15) is 0 Å². The van der Waals surface area contributed by atoms with Gasteiger partial charge in [-0.3, -0.25) is 4.79 Å². The zero-order valence-electron chi connectivity index (χ0n) is 16.9. The lowest BCUT2D eigenvalue weighted by Crippen LogP contribution is -2.34. The monoisotopic (exact) mass is 376 g/mol. The average Bonchev–Trinajstić information content (AvgIpc) is 2.63. The summed E-state index contributed by atoms with van der Waals surface area (Å²) in [5, 5.41) is 5.83. The Hall–Kier alpha value is -2.12. The summed E-state index contributed by atoms with van der Waals surface area (Å²) >= 11 is 0. The van der Waals surface area contributed by atoms with Gasteiger partial charge in [0.15, 0.2) is 0 Å². The van der Waals surface area contributed by atoms with E-state index in [1.54, 1.807) is 16.8 Å². The number of rotatable bonds is 7. The van der Waals surface area contributed by atoms with E-state index in [9.17, 15) is 9.59 Å². The molecule has 150 valence electrons. The normalized spacial score (nSPS) is 16.9. The van der Waals surface area contributed by atoms with Gasteiger partial charge in [-0.1, -0.05) is 6.07 Å². The molecular formula is C20H32N4O3. The van der Waals surface area contributed by atoms with E-state index in [-0.39, 0.29) is 18.0 Å². The minimum Gasteiger partial charge on any atom is -0.378 e. The molecule has 1 atom stereocenters. The van der Waals surface area contributed by atoms with E-state index in [1.807, 2.05) is 39.2 Å². The van der Waals surface area contributed by atoms with Crippen molar-refractivity contribution in [3.63, 3.8) is 0 Å². The van der Waals surface area contributed by atoms with Gasteiger partial charge in [0, 0.05) is 31.6 Å². The number of nitrogens with zero attached hydrogens (tertiary/aromatic N) is 2. The lowest BCUT2D eigenvalue weighted by atomic mass is 10.1. The number of urea groups is 1. The second-order valence-corrected chi connectivity index (χ2v) is 7.39. The Labute approximate surface area is 162 Å². The smallest absolute Gasteiger partial charge is 0.321 e. The van der Waals surface area contributed by atoms with Crippen molar-refractivity contribution < 1.29 is 14.3 Å². The standard InChI is InChI=1S/C20H32N4O3/c1-15-17(21-19(25)14-23(2)3)9-7-10-18(15)22-20(26)24(4)12-11-16-8-5-6-13-27-16/h7,9-10,16H,5-6,8,11-14H2,1-4H3,(H,21,25)(H,22,26). The van der Waals surface area contributed by atoms with Crippen LogP contribution >= 0.6 is 0 Å². The summed E-state index contributed by atoms with van der Waals surface area (Å²) in [7, 11) is 5.48. The first kappa shape index (κ1) is 21.2. The highest BCUT2D eigenvalue weighted by Gasteiger charge is 2.17. The molecule has 0 aromatic heterocycles. The molecule has 0 radical (unpaired) electrons. The van der Waals surface area contributed by atoms with Crippen molar-refractivity contribution in [2.24, 2.45) is 0 Å². The number of amides is 3. The van der Waals surface area contributed by atoms with E-state index in [0.717, 1.165) is 31.4 Å². The first-order valence-corrected chi connectivity index (χ1v) is 9.54. The molecule has 2 rings (SSSR count). The molecule has 1 aliphatic heterocycles. The molecular weight excluding hydrogens is 344 g/mol. The Kier molecular flexibility index (Phi) is 8.06. The van der Waals surface area contributed by atoms with E-state index in [2.05, 4.69) is 10.6 Å². The maximum Gasteiger partial charge on any atom is 0.321 e. The maximum absolute atomic E-state index is 12.5. The first-order chi connectivity index (χ1) is 12.9. The van der Waals surface area contributed by atoms with Gasteiger partial charge in [0.05, 0.1) is 12.6 Å². The van der Waals surface area contributed by atoms with Gasteiger partial charge in [-0.15, -0.1) is 0 Å². The average molecular weight is 377 g/mol. The zero-order chi connectivity index (χ0) is 19.8. The molecule has 1 saturated heterocycles. The molecule has 0 aliphatic carbocycles. The molecule has 1 aliphatic rings. The second kappa shape index (κ2) is 10.3. The fourth-order valence-corrected chi connectivity index (χ4v) is 3.07. The molecule has 0 saturated carbocycles. The summed E-state index contributed by atoms with van der Waals surface area (Å²) < 4.78 is 5.72. The van der Waals surface area contributed by atoms with Crippen LogP contribution in [0.1, 0.15) is 31.2 Å². The largest absolute Gasteiger partial charge is 0.378 e. The van der Waals surface area contributed by atoms with Crippen LogP contribution in [-0.2, 0) is 9.53 Å². The molecule has 0 spiro atoms. The van der Waals surface area contributed by atoms with E-state index in [1.165, 1.54) is 6.42 Å². The third-order valence-corrected chi connectivity index (χ3v) is 4.72. The van der Waals surface area contributed by atoms with E-state index in [0.29, 0.717) is 24.5 Å². The number of anilines is 2. The molecule has 7 nitrogen and oxygen atoms in total. The summed E-state index contributed by atoms with van der Waals surface area (Å²) in [6.45, 7) is 3.67. The molecule has 2 N–H and O–H groups in total. The van der Waals surface area contributed by atoms with E-state index >= 15 is 0 Å². The maximum atomic E-state index is 12.5. The number of likely N-dealkylation sites (N-methyl/N-ethyl adjacent to an activating group) is 1. The Morgan fingerprint density at radius 1 is 1.15 bits per heavy atom. The second-order valence-electron chi connectivity index (χ2n) is 7.39. The van der Waals surface area contributed by atoms with Gasteiger partial charge in [0.25, 0.3) is 0 Å². The minimum atomic E-state index is -0.161. The molecule has 7 heteroatoms. The lowest BCUT2D eigenvalue weighted by molar-refractivity contribution is -0.116. The fraction of sp³-hybridized carbons (Fsp3) is 0.600. The van der Waals surface area contributed by atoms with Crippen LogP contribution in [0.3, 0.4) is 0 Å².